The summed E-state index contributed by atoms with van der Waals surface area (Å²) in [6, 6.07) is 7.78. The summed E-state index contributed by atoms with van der Waals surface area (Å²) < 4.78 is 5.63. The molecule has 0 heterocycles. The van der Waals surface area contributed by atoms with Crippen molar-refractivity contribution < 1.29 is 9.53 Å². The molecule has 16 heavy (non-hydrogen) atoms. The van der Waals surface area contributed by atoms with Crippen LogP contribution in [0.5, 0.6) is 5.75 Å². The molecule has 88 valence electrons. The minimum absolute atomic E-state index is 0.0563. The fraction of sp³-hybridized carbons (Fsp3) is 0.500. The van der Waals surface area contributed by atoms with Gasteiger partial charge in [0.15, 0.2) is 0 Å². The summed E-state index contributed by atoms with van der Waals surface area (Å²) in [4.78, 5) is 10.7. The molecule has 0 spiro atoms. The van der Waals surface area contributed by atoms with Crippen LogP contribution in [0.25, 0.3) is 0 Å². The molecule has 0 aromatic heterocycles. The van der Waals surface area contributed by atoms with E-state index >= 15 is 0 Å². The number of hydrogen-bond acceptors (Lipinski definition) is 2. The van der Waals surface area contributed by atoms with Crippen LogP contribution >= 0.6 is 0 Å². The second kappa shape index (κ2) is 7.04. The van der Waals surface area contributed by atoms with Crippen LogP contribution in [0.2, 0.25) is 0 Å². The maximum atomic E-state index is 10.7. The van der Waals surface area contributed by atoms with E-state index in [9.17, 15) is 4.79 Å². The SMILES string of the molecule is CCCCCOc1cccc(C(C)C=O)c1. The molecule has 2 heteroatoms. The number of hydrogen-bond donors (Lipinski definition) is 0. The largest absolute Gasteiger partial charge is 0.494 e. The van der Waals surface area contributed by atoms with E-state index < -0.39 is 0 Å². The zero-order valence-electron chi connectivity index (χ0n) is 10.1. The smallest absolute Gasteiger partial charge is 0.127 e. The third-order valence-corrected chi connectivity index (χ3v) is 2.60. The van der Waals surface area contributed by atoms with Crippen molar-refractivity contribution in [2.24, 2.45) is 0 Å². The van der Waals surface area contributed by atoms with Crippen LogP contribution in [-0.4, -0.2) is 12.9 Å². The highest BCUT2D eigenvalue weighted by Crippen LogP contribution is 2.19. The van der Waals surface area contributed by atoms with Gasteiger partial charge in [0, 0.05) is 5.92 Å². The minimum atomic E-state index is -0.0563. The van der Waals surface area contributed by atoms with Crippen molar-refractivity contribution in [3.8, 4) is 5.75 Å². The van der Waals surface area contributed by atoms with Crippen LogP contribution in [0.1, 0.15) is 44.6 Å². The van der Waals surface area contributed by atoms with E-state index in [1.807, 2.05) is 31.2 Å². The average molecular weight is 220 g/mol. The Labute approximate surface area is 97.6 Å². The molecule has 0 amide bonds. The molecular weight excluding hydrogens is 200 g/mol. The first-order valence-electron chi connectivity index (χ1n) is 5.96. The Balaban J connectivity index is 2.50. The normalized spacial score (nSPS) is 12.1. The van der Waals surface area contributed by atoms with Crippen molar-refractivity contribution in [3.05, 3.63) is 29.8 Å². The molecule has 0 radical (unpaired) electrons. The summed E-state index contributed by atoms with van der Waals surface area (Å²) in [7, 11) is 0. The van der Waals surface area contributed by atoms with Gasteiger partial charge in [0.1, 0.15) is 12.0 Å². The maximum Gasteiger partial charge on any atom is 0.127 e. The molecule has 0 bridgehead atoms. The molecule has 1 atom stereocenters. The van der Waals surface area contributed by atoms with Crippen molar-refractivity contribution in [3.63, 3.8) is 0 Å². The number of aldehydes is 1. The molecule has 0 aliphatic heterocycles. The Morgan fingerprint density at radius 3 is 2.88 bits per heavy atom. The minimum Gasteiger partial charge on any atom is -0.494 e. The van der Waals surface area contributed by atoms with Crippen molar-refractivity contribution in [2.45, 2.75) is 39.0 Å². The first-order chi connectivity index (χ1) is 7.77. The highest BCUT2D eigenvalue weighted by atomic mass is 16.5. The first kappa shape index (κ1) is 12.8. The molecule has 0 saturated carbocycles. The fourth-order valence-electron chi connectivity index (χ4n) is 1.51. The molecule has 1 aromatic carbocycles. The topological polar surface area (TPSA) is 26.3 Å². The summed E-state index contributed by atoms with van der Waals surface area (Å²) in [5, 5.41) is 0. The van der Waals surface area contributed by atoms with Crippen molar-refractivity contribution in [1.29, 1.82) is 0 Å². The molecule has 0 saturated heterocycles. The van der Waals surface area contributed by atoms with E-state index in [1.165, 1.54) is 12.8 Å². The van der Waals surface area contributed by atoms with E-state index in [2.05, 4.69) is 6.92 Å². The molecule has 0 N–H and O–H groups in total. The van der Waals surface area contributed by atoms with Crippen LogP contribution in [0, 0.1) is 0 Å². The number of ether oxygens (including phenoxy) is 1. The highest BCUT2D eigenvalue weighted by molar-refractivity contribution is 5.61. The molecule has 1 aromatic rings. The molecule has 0 fully saturated rings. The van der Waals surface area contributed by atoms with Gasteiger partial charge >= 0.3 is 0 Å². The zero-order valence-corrected chi connectivity index (χ0v) is 10.1. The molecule has 0 aliphatic rings. The van der Waals surface area contributed by atoms with Gasteiger partial charge in [0.25, 0.3) is 0 Å². The van der Waals surface area contributed by atoms with Crippen molar-refractivity contribution in [1.82, 2.24) is 0 Å². The lowest BCUT2D eigenvalue weighted by Crippen LogP contribution is -1.99. The molecule has 0 aliphatic carbocycles. The first-order valence-corrected chi connectivity index (χ1v) is 5.96. The number of unbranched alkanes of at least 4 members (excludes halogenated alkanes) is 2. The summed E-state index contributed by atoms with van der Waals surface area (Å²) in [5.41, 5.74) is 1.02. The summed E-state index contributed by atoms with van der Waals surface area (Å²) in [6.07, 6.45) is 4.44. The number of carbonyl (C=O) groups excluding carboxylic acids is 1. The number of rotatable bonds is 7. The molecular formula is C14H20O2. The van der Waals surface area contributed by atoms with Crippen molar-refractivity contribution >= 4 is 6.29 Å². The lowest BCUT2D eigenvalue weighted by atomic mass is 10.0. The van der Waals surface area contributed by atoms with Crippen molar-refractivity contribution in [2.75, 3.05) is 6.61 Å². The zero-order chi connectivity index (χ0) is 11.8. The Morgan fingerprint density at radius 2 is 2.19 bits per heavy atom. The van der Waals surface area contributed by atoms with Crippen LogP contribution in [0.15, 0.2) is 24.3 Å². The lowest BCUT2D eigenvalue weighted by molar-refractivity contribution is -0.108. The molecule has 1 rings (SSSR count). The summed E-state index contributed by atoms with van der Waals surface area (Å²) >= 11 is 0. The van der Waals surface area contributed by atoms with Crippen LogP contribution in [-0.2, 0) is 4.79 Å². The van der Waals surface area contributed by atoms with Gasteiger partial charge in [0.2, 0.25) is 0 Å². The molecule has 2 nitrogen and oxygen atoms in total. The van der Waals surface area contributed by atoms with E-state index in [1.54, 1.807) is 0 Å². The second-order valence-corrected chi connectivity index (χ2v) is 4.05. The van der Waals surface area contributed by atoms with Gasteiger partial charge in [0.05, 0.1) is 6.61 Å². The predicted molar refractivity (Wildman–Crippen MR) is 65.9 cm³/mol. The summed E-state index contributed by atoms with van der Waals surface area (Å²) in [6.45, 7) is 4.82. The Morgan fingerprint density at radius 1 is 1.38 bits per heavy atom. The van der Waals surface area contributed by atoms with Gasteiger partial charge in [-0.05, 0) is 24.1 Å². The van der Waals surface area contributed by atoms with Gasteiger partial charge in [-0.2, -0.15) is 0 Å². The van der Waals surface area contributed by atoms with Gasteiger partial charge in [-0.25, -0.2) is 0 Å². The van der Waals surface area contributed by atoms with Crippen LogP contribution in [0.4, 0.5) is 0 Å². The molecule has 1 unspecified atom stereocenters. The third kappa shape index (κ3) is 4.05. The van der Waals surface area contributed by atoms with E-state index in [-0.39, 0.29) is 5.92 Å². The maximum absolute atomic E-state index is 10.7. The van der Waals surface area contributed by atoms with Gasteiger partial charge in [-0.3, -0.25) is 0 Å². The van der Waals surface area contributed by atoms with E-state index in [4.69, 9.17) is 4.74 Å². The van der Waals surface area contributed by atoms with Gasteiger partial charge in [-0.15, -0.1) is 0 Å². The Kier molecular flexibility index (Phi) is 5.62. The van der Waals surface area contributed by atoms with Gasteiger partial charge in [-0.1, -0.05) is 38.8 Å². The highest BCUT2D eigenvalue weighted by Gasteiger charge is 2.04. The second-order valence-electron chi connectivity index (χ2n) is 4.05. The standard InChI is InChI=1S/C14H20O2/c1-3-4-5-9-16-14-8-6-7-13(10-14)12(2)11-15/h6-8,10-12H,3-5,9H2,1-2H3. The Bertz CT molecular complexity index is 320. The monoisotopic (exact) mass is 220 g/mol. The average Bonchev–Trinajstić information content (AvgIpc) is 2.34. The number of benzene rings is 1. The van der Waals surface area contributed by atoms with Gasteiger partial charge < -0.3 is 9.53 Å². The van der Waals surface area contributed by atoms with Crippen LogP contribution in [0.3, 0.4) is 0 Å². The van der Waals surface area contributed by atoms with E-state index in [0.29, 0.717) is 0 Å². The lowest BCUT2D eigenvalue weighted by Gasteiger charge is -2.09. The Hall–Kier alpha value is -1.31. The van der Waals surface area contributed by atoms with Crippen LogP contribution < -0.4 is 4.74 Å². The third-order valence-electron chi connectivity index (χ3n) is 2.60. The quantitative estimate of drug-likeness (QED) is 0.519. The fourth-order valence-corrected chi connectivity index (χ4v) is 1.51. The predicted octanol–water partition coefficient (Wildman–Crippen LogP) is 3.56. The van der Waals surface area contributed by atoms with E-state index in [0.717, 1.165) is 30.6 Å². The number of carbonyl (C=O) groups is 1. The summed E-state index contributed by atoms with van der Waals surface area (Å²) in [5.74, 6) is 0.807.